The van der Waals surface area contributed by atoms with Crippen LogP contribution in [-0.2, 0) is 19.5 Å². The highest BCUT2D eigenvalue weighted by atomic mass is 15.1. The van der Waals surface area contributed by atoms with Crippen LogP contribution in [0, 0.1) is 0 Å². The van der Waals surface area contributed by atoms with Gasteiger partial charge in [-0.05, 0) is 31.4 Å². The summed E-state index contributed by atoms with van der Waals surface area (Å²) in [7, 11) is 0. The monoisotopic (exact) mass is 357 g/mol. The fourth-order valence-electron chi connectivity index (χ4n) is 3.37. The molecule has 3 aromatic heterocycles. The minimum absolute atomic E-state index is 0.879. The van der Waals surface area contributed by atoms with Gasteiger partial charge in [-0.2, -0.15) is 0 Å². The van der Waals surface area contributed by atoms with Crippen LogP contribution in [0.4, 0.5) is 0 Å². The third-order valence-corrected chi connectivity index (χ3v) is 4.74. The molecule has 0 amide bonds. The largest absolute Gasteiger partial charge is 0.330 e. The molecule has 0 radical (unpaired) electrons. The lowest BCUT2D eigenvalue weighted by atomic mass is 10.1. The van der Waals surface area contributed by atoms with Gasteiger partial charge in [0.25, 0.3) is 0 Å². The molecule has 3 heterocycles. The second-order valence-corrected chi connectivity index (χ2v) is 6.50. The first-order valence-corrected chi connectivity index (χ1v) is 9.37. The first-order chi connectivity index (χ1) is 13.4. The lowest BCUT2D eigenvalue weighted by molar-refractivity contribution is 0.639. The molecule has 0 saturated carbocycles. The molecule has 0 fully saturated rings. The number of nitrogens with zero attached hydrogens (tertiary/aromatic N) is 5. The van der Waals surface area contributed by atoms with Gasteiger partial charge < -0.3 is 9.13 Å². The van der Waals surface area contributed by atoms with Crippen molar-refractivity contribution in [2.45, 2.75) is 32.9 Å². The van der Waals surface area contributed by atoms with Crippen LogP contribution in [-0.4, -0.2) is 24.1 Å². The van der Waals surface area contributed by atoms with Gasteiger partial charge >= 0.3 is 0 Å². The predicted octanol–water partition coefficient (Wildman–Crippen LogP) is 4.46. The Balaban J connectivity index is 1.66. The molecule has 27 heavy (non-hydrogen) atoms. The predicted molar refractivity (Wildman–Crippen MR) is 107 cm³/mol. The summed E-state index contributed by atoms with van der Waals surface area (Å²) < 4.78 is 4.40. The van der Waals surface area contributed by atoms with Gasteiger partial charge in [0.1, 0.15) is 5.69 Å². The van der Waals surface area contributed by atoms with Gasteiger partial charge in [0.15, 0.2) is 5.82 Å². The van der Waals surface area contributed by atoms with Gasteiger partial charge in [0.05, 0.1) is 12.0 Å². The average Bonchev–Trinajstić information content (AvgIpc) is 3.35. The number of imidazole rings is 2. The normalized spacial score (nSPS) is 11.0. The van der Waals surface area contributed by atoms with Crippen molar-refractivity contribution in [1.82, 2.24) is 24.1 Å². The number of aryl methyl sites for hydroxylation is 3. The van der Waals surface area contributed by atoms with Gasteiger partial charge in [-0.15, -0.1) is 0 Å². The minimum Gasteiger partial charge on any atom is -0.330 e. The van der Waals surface area contributed by atoms with Crippen LogP contribution in [0.3, 0.4) is 0 Å². The summed E-state index contributed by atoms with van der Waals surface area (Å²) >= 11 is 0. The summed E-state index contributed by atoms with van der Waals surface area (Å²) in [6.07, 6.45) is 11.6. The highest BCUT2D eigenvalue weighted by molar-refractivity contribution is 5.75. The molecular formula is C22H23N5. The average molecular weight is 357 g/mol. The number of hydrogen-bond acceptors (Lipinski definition) is 3. The number of pyridine rings is 1. The summed E-state index contributed by atoms with van der Waals surface area (Å²) in [6.45, 7) is 3.90. The molecule has 5 nitrogen and oxygen atoms in total. The Labute approximate surface area is 159 Å². The van der Waals surface area contributed by atoms with Crippen LogP contribution >= 0.6 is 0 Å². The van der Waals surface area contributed by atoms with E-state index in [1.807, 2.05) is 55.4 Å². The molecule has 4 rings (SSSR count). The number of aromatic nitrogens is 5. The van der Waals surface area contributed by atoms with Crippen LogP contribution in [0.25, 0.3) is 22.8 Å². The minimum atomic E-state index is 0.879. The van der Waals surface area contributed by atoms with Crippen LogP contribution < -0.4 is 0 Å². The first kappa shape index (κ1) is 17.2. The van der Waals surface area contributed by atoms with E-state index >= 15 is 0 Å². The van der Waals surface area contributed by atoms with Crippen molar-refractivity contribution in [2.75, 3.05) is 0 Å². The van der Waals surface area contributed by atoms with Gasteiger partial charge in [0, 0.05) is 43.4 Å². The molecule has 0 unspecified atom stereocenters. The topological polar surface area (TPSA) is 48.5 Å². The molecule has 0 spiro atoms. The molecule has 0 aliphatic rings. The maximum Gasteiger partial charge on any atom is 0.158 e. The van der Waals surface area contributed by atoms with E-state index in [4.69, 9.17) is 4.98 Å². The third-order valence-electron chi connectivity index (χ3n) is 4.74. The second kappa shape index (κ2) is 7.99. The van der Waals surface area contributed by atoms with Crippen molar-refractivity contribution in [3.05, 3.63) is 79.1 Å². The number of rotatable bonds is 7. The van der Waals surface area contributed by atoms with E-state index in [0.717, 1.165) is 48.7 Å². The van der Waals surface area contributed by atoms with Crippen molar-refractivity contribution in [2.24, 2.45) is 0 Å². The third kappa shape index (κ3) is 3.67. The zero-order chi connectivity index (χ0) is 18.5. The molecule has 0 aliphatic heterocycles. The van der Waals surface area contributed by atoms with E-state index in [1.54, 1.807) is 0 Å². The van der Waals surface area contributed by atoms with Crippen molar-refractivity contribution in [1.29, 1.82) is 0 Å². The fraction of sp³-hybridized carbons (Fsp3) is 0.227. The van der Waals surface area contributed by atoms with E-state index in [1.165, 1.54) is 5.56 Å². The maximum atomic E-state index is 4.74. The summed E-state index contributed by atoms with van der Waals surface area (Å²) in [5.41, 5.74) is 4.44. The first-order valence-electron chi connectivity index (χ1n) is 9.37. The molecule has 5 heteroatoms. The molecule has 0 aliphatic carbocycles. The second-order valence-electron chi connectivity index (χ2n) is 6.50. The van der Waals surface area contributed by atoms with Crippen molar-refractivity contribution >= 4 is 0 Å². The van der Waals surface area contributed by atoms with Crippen LogP contribution in [0.2, 0.25) is 0 Å². The molecular weight excluding hydrogens is 334 g/mol. The standard InChI is InChI=1S/C22H23N5/c1-2-26-15-13-24-22(26)21-20(19-10-4-3-5-11-19)25-17-27(21)14-7-9-18-8-6-12-23-16-18/h3-6,8,10-13,15-17H,2,7,9,14H2,1H3. The maximum absolute atomic E-state index is 4.74. The van der Waals surface area contributed by atoms with Gasteiger partial charge in [-0.25, -0.2) is 9.97 Å². The van der Waals surface area contributed by atoms with Gasteiger partial charge in [0.2, 0.25) is 0 Å². The van der Waals surface area contributed by atoms with E-state index in [2.05, 4.69) is 44.2 Å². The fourth-order valence-corrected chi connectivity index (χ4v) is 3.37. The summed E-state index contributed by atoms with van der Waals surface area (Å²) in [5.74, 6) is 0.968. The SMILES string of the molecule is CCn1ccnc1-c1c(-c2ccccc2)ncn1CCCc1cccnc1. The molecule has 0 saturated heterocycles. The molecule has 1 aromatic carbocycles. The Morgan fingerprint density at radius 3 is 2.59 bits per heavy atom. The summed E-state index contributed by atoms with van der Waals surface area (Å²) in [5, 5.41) is 0. The van der Waals surface area contributed by atoms with Crippen molar-refractivity contribution in [3.63, 3.8) is 0 Å². The highest BCUT2D eigenvalue weighted by Crippen LogP contribution is 2.30. The lowest BCUT2D eigenvalue weighted by Gasteiger charge is -2.11. The highest BCUT2D eigenvalue weighted by Gasteiger charge is 2.18. The Hall–Kier alpha value is -3.21. The molecule has 0 bridgehead atoms. The van der Waals surface area contributed by atoms with Gasteiger partial charge in [-0.3, -0.25) is 4.98 Å². The van der Waals surface area contributed by atoms with E-state index in [-0.39, 0.29) is 0 Å². The van der Waals surface area contributed by atoms with Crippen LogP contribution in [0.15, 0.2) is 73.6 Å². The Morgan fingerprint density at radius 2 is 1.81 bits per heavy atom. The van der Waals surface area contributed by atoms with E-state index < -0.39 is 0 Å². The smallest absolute Gasteiger partial charge is 0.158 e. The van der Waals surface area contributed by atoms with Crippen LogP contribution in [0.5, 0.6) is 0 Å². The van der Waals surface area contributed by atoms with Crippen molar-refractivity contribution in [3.8, 4) is 22.8 Å². The molecule has 4 aromatic rings. The Kier molecular flexibility index (Phi) is 5.10. The Morgan fingerprint density at radius 1 is 0.926 bits per heavy atom. The number of benzene rings is 1. The lowest BCUT2D eigenvalue weighted by Crippen LogP contribution is -2.05. The summed E-state index contributed by atoms with van der Waals surface area (Å²) in [4.78, 5) is 13.6. The molecule has 136 valence electrons. The van der Waals surface area contributed by atoms with Crippen LogP contribution in [0.1, 0.15) is 18.9 Å². The van der Waals surface area contributed by atoms with Crippen molar-refractivity contribution < 1.29 is 0 Å². The van der Waals surface area contributed by atoms with E-state index in [9.17, 15) is 0 Å². The van der Waals surface area contributed by atoms with E-state index in [0.29, 0.717) is 0 Å². The molecule has 0 atom stereocenters. The number of hydrogen-bond donors (Lipinski definition) is 0. The Bertz CT molecular complexity index is 986. The quantitative estimate of drug-likeness (QED) is 0.490. The zero-order valence-corrected chi connectivity index (χ0v) is 15.5. The zero-order valence-electron chi connectivity index (χ0n) is 15.5. The van der Waals surface area contributed by atoms with Gasteiger partial charge in [-0.1, -0.05) is 36.4 Å². The summed E-state index contributed by atoms with van der Waals surface area (Å²) in [6, 6.07) is 14.4. The molecule has 0 N–H and O–H groups in total.